The molecule has 0 aromatic carbocycles. The Morgan fingerprint density at radius 2 is 2.00 bits per heavy atom. The van der Waals surface area contributed by atoms with Crippen LogP contribution in [0.3, 0.4) is 0 Å². The molecule has 0 radical (unpaired) electrons. The number of hydrogen-bond acceptors (Lipinski definition) is 4. The first-order valence-electron chi connectivity index (χ1n) is 7.87. The van der Waals surface area contributed by atoms with Crippen LogP contribution in [0, 0.1) is 0 Å². The summed E-state index contributed by atoms with van der Waals surface area (Å²) in [7, 11) is 0. The maximum absolute atomic E-state index is 12.3. The molecular formula is C16H26N2O3. The number of furan rings is 1. The number of carbonyl (C=O) groups excluding carboxylic acids is 1. The van der Waals surface area contributed by atoms with Crippen molar-refractivity contribution in [2.45, 2.75) is 51.6 Å². The molecule has 1 heterocycles. The Morgan fingerprint density at radius 3 is 2.57 bits per heavy atom. The second kappa shape index (κ2) is 7.09. The van der Waals surface area contributed by atoms with Gasteiger partial charge in [0.1, 0.15) is 5.76 Å². The molecule has 1 fully saturated rings. The average molecular weight is 294 g/mol. The molecule has 0 saturated heterocycles. The third-order valence-corrected chi connectivity index (χ3v) is 4.40. The SMILES string of the molecule is CCN(CC)Cc1ccc(C(=O)NC2(CO)CCCC2)o1. The highest BCUT2D eigenvalue weighted by Gasteiger charge is 2.35. The molecule has 0 aliphatic heterocycles. The van der Waals surface area contributed by atoms with Crippen LogP contribution >= 0.6 is 0 Å². The van der Waals surface area contributed by atoms with Gasteiger partial charge < -0.3 is 14.8 Å². The predicted molar refractivity (Wildman–Crippen MR) is 81.1 cm³/mol. The van der Waals surface area contributed by atoms with Gasteiger partial charge in [-0.2, -0.15) is 0 Å². The lowest BCUT2D eigenvalue weighted by molar-refractivity contribution is 0.0807. The van der Waals surface area contributed by atoms with Crippen molar-refractivity contribution in [3.05, 3.63) is 23.7 Å². The zero-order valence-electron chi connectivity index (χ0n) is 13.0. The largest absolute Gasteiger partial charge is 0.455 e. The molecule has 1 aliphatic rings. The second-order valence-electron chi connectivity index (χ2n) is 5.83. The molecule has 118 valence electrons. The third-order valence-electron chi connectivity index (χ3n) is 4.40. The molecule has 2 rings (SSSR count). The summed E-state index contributed by atoms with van der Waals surface area (Å²) in [5.41, 5.74) is -0.455. The number of nitrogens with one attached hydrogen (secondary N) is 1. The van der Waals surface area contributed by atoms with Crippen molar-refractivity contribution in [3.8, 4) is 0 Å². The van der Waals surface area contributed by atoms with E-state index in [0.29, 0.717) is 12.3 Å². The van der Waals surface area contributed by atoms with E-state index >= 15 is 0 Å². The molecule has 1 saturated carbocycles. The lowest BCUT2D eigenvalue weighted by Gasteiger charge is -2.27. The summed E-state index contributed by atoms with van der Waals surface area (Å²) >= 11 is 0. The van der Waals surface area contributed by atoms with E-state index in [-0.39, 0.29) is 12.5 Å². The number of aliphatic hydroxyl groups excluding tert-OH is 1. The number of aliphatic hydroxyl groups is 1. The molecule has 1 aliphatic carbocycles. The maximum atomic E-state index is 12.3. The quantitative estimate of drug-likeness (QED) is 0.809. The minimum absolute atomic E-state index is 0.00818. The van der Waals surface area contributed by atoms with Crippen LogP contribution < -0.4 is 5.32 Å². The smallest absolute Gasteiger partial charge is 0.287 e. The summed E-state index contributed by atoms with van der Waals surface area (Å²) in [6, 6.07) is 3.57. The first-order valence-corrected chi connectivity index (χ1v) is 7.87. The fourth-order valence-electron chi connectivity index (χ4n) is 2.93. The van der Waals surface area contributed by atoms with E-state index < -0.39 is 5.54 Å². The molecule has 0 unspecified atom stereocenters. The average Bonchev–Trinajstić information content (AvgIpc) is 3.14. The van der Waals surface area contributed by atoms with Gasteiger partial charge in [-0.25, -0.2) is 0 Å². The maximum Gasteiger partial charge on any atom is 0.287 e. The minimum Gasteiger partial charge on any atom is -0.455 e. The summed E-state index contributed by atoms with van der Waals surface area (Å²) in [6.07, 6.45) is 3.77. The number of hydrogen-bond donors (Lipinski definition) is 2. The van der Waals surface area contributed by atoms with Gasteiger partial charge >= 0.3 is 0 Å². The van der Waals surface area contributed by atoms with Crippen molar-refractivity contribution < 1.29 is 14.3 Å². The molecule has 2 N–H and O–H groups in total. The standard InChI is InChI=1S/C16H26N2O3/c1-3-18(4-2)11-13-7-8-14(21-13)15(20)17-16(12-19)9-5-6-10-16/h7-8,19H,3-6,9-12H2,1-2H3,(H,17,20). The van der Waals surface area contributed by atoms with Gasteiger partial charge in [0.25, 0.3) is 5.91 Å². The normalized spacial score (nSPS) is 17.3. The van der Waals surface area contributed by atoms with Crippen LogP contribution in [0.25, 0.3) is 0 Å². The van der Waals surface area contributed by atoms with Crippen molar-refractivity contribution in [2.24, 2.45) is 0 Å². The lowest BCUT2D eigenvalue weighted by atomic mass is 9.99. The van der Waals surface area contributed by atoms with Crippen LogP contribution in [0.5, 0.6) is 0 Å². The van der Waals surface area contributed by atoms with Crippen LogP contribution in [0.15, 0.2) is 16.5 Å². The monoisotopic (exact) mass is 294 g/mol. The van der Waals surface area contributed by atoms with Crippen molar-refractivity contribution in [1.82, 2.24) is 10.2 Å². The van der Waals surface area contributed by atoms with Crippen LogP contribution in [0.2, 0.25) is 0 Å². The fourth-order valence-corrected chi connectivity index (χ4v) is 2.93. The Labute approximate surface area is 126 Å². The van der Waals surface area contributed by atoms with Crippen LogP contribution in [0.4, 0.5) is 0 Å². The second-order valence-corrected chi connectivity index (χ2v) is 5.83. The summed E-state index contributed by atoms with van der Waals surface area (Å²) in [5, 5.41) is 12.5. The summed E-state index contributed by atoms with van der Waals surface area (Å²) < 4.78 is 5.64. The summed E-state index contributed by atoms with van der Waals surface area (Å²) in [6.45, 7) is 6.81. The van der Waals surface area contributed by atoms with Gasteiger partial charge in [0, 0.05) is 0 Å². The zero-order chi connectivity index (χ0) is 15.3. The van der Waals surface area contributed by atoms with Crippen molar-refractivity contribution in [3.63, 3.8) is 0 Å². The van der Waals surface area contributed by atoms with E-state index in [2.05, 4.69) is 24.1 Å². The number of rotatable bonds is 7. The van der Waals surface area contributed by atoms with Gasteiger partial charge in [0.15, 0.2) is 5.76 Å². The van der Waals surface area contributed by atoms with E-state index in [0.717, 1.165) is 44.5 Å². The van der Waals surface area contributed by atoms with Gasteiger partial charge in [0.05, 0.1) is 18.7 Å². The molecule has 5 nitrogen and oxygen atoms in total. The van der Waals surface area contributed by atoms with Gasteiger partial charge in [-0.15, -0.1) is 0 Å². The summed E-state index contributed by atoms with van der Waals surface area (Å²) in [4.78, 5) is 14.5. The zero-order valence-corrected chi connectivity index (χ0v) is 13.0. The van der Waals surface area contributed by atoms with Gasteiger partial charge in [-0.3, -0.25) is 9.69 Å². The van der Waals surface area contributed by atoms with Crippen LogP contribution in [0.1, 0.15) is 55.8 Å². The Balaban J connectivity index is 1.98. The van der Waals surface area contributed by atoms with Gasteiger partial charge in [-0.1, -0.05) is 26.7 Å². The van der Waals surface area contributed by atoms with Crippen LogP contribution in [-0.2, 0) is 6.54 Å². The van der Waals surface area contributed by atoms with E-state index in [4.69, 9.17) is 4.42 Å². The van der Waals surface area contributed by atoms with E-state index in [9.17, 15) is 9.90 Å². The first-order chi connectivity index (χ1) is 10.1. The fraction of sp³-hybridized carbons (Fsp3) is 0.688. The van der Waals surface area contributed by atoms with Crippen molar-refractivity contribution in [1.29, 1.82) is 0 Å². The molecule has 21 heavy (non-hydrogen) atoms. The Kier molecular flexibility index (Phi) is 5.42. The minimum atomic E-state index is -0.455. The Morgan fingerprint density at radius 1 is 1.33 bits per heavy atom. The van der Waals surface area contributed by atoms with Crippen molar-refractivity contribution in [2.75, 3.05) is 19.7 Å². The molecule has 1 amide bonds. The Hall–Kier alpha value is -1.33. The van der Waals surface area contributed by atoms with Gasteiger partial charge in [0.2, 0.25) is 0 Å². The van der Waals surface area contributed by atoms with E-state index in [1.807, 2.05) is 6.07 Å². The van der Waals surface area contributed by atoms with Crippen molar-refractivity contribution >= 4 is 5.91 Å². The predicted octanol–water partition coefficient (Wildman–Crippen LogP) is 2.16. The highest BCUT2D eigenvalue weighted by atomic mass is 16.4. The van der Waals surface area contributed by atoms with E-state index in [1.54, 1.807) is 6.07 Å². The first kappa shape index (κ1) is 16.0. The molecule has 5 heteroatoms. The molecule has 1 aromatic rings. The number of nitrogens with zero attached hydrogens (tertiary/aromatic N) is 1. The lowest BCUT2D eigenvalue weighted by Crippen LogP contribution is -2.49. The topological polar surface area (TPSA) is 65.7 Å². The van der Waals surface area contributed by atoms with Crippen LogP contribution in [-0.4, -0.2) is 41.1 Å². The Bertz CT molecular complexity index is 460. The highest BCUT2D eigenvalue weighted by molar-refractivity contribution is 5.92. The van der Waals surface area contributed by atoms with Gasteiger partial charge in [-0.05, 0) is 38.1 Å². The molecule has 1 aromatic heterocycles. The van der Waals surface area contributed by atoms with E-state index in [1.165, 1.54) is 0 Å². The molecule has 0 bridgehead atoms. The summed E-state index contributed by atoms with van der Waals surface area (Å²) in [5.74, 6) is 0.905. The third kappa shape index (κ3) is 3.86. The molecule has 0 atom stereocenters. The molecule has 0 spiro atoms. The number of carbonyl (C=O) groups is 1. The number of amides is 1. The highest BCUT2D eigenvalue weighted by Crippen LogP contribution is 2.29. The molecular weight excluding hydrogens is 268 g/mol.